The summed E-state index contributed by atoms with van der Waals surface area (Å²) in [7, 11) is 0. The summed E-state index contributed by atoms with van der Waals surface area (Å²) in [5.74, 6) is 3.31. The average Bonchev–Trinajstić information content (AvgIpc) is 3.80. The lowest BCUT2D eigenvalue weighted by Crippen LogP contribution is -2.36. The summed E-state index contributed by atoms with van der Waals surface area (Å²) in [5, 5.41) is 5.75. The third kappa shape index (κ3) is 4.76. The van der Waals surface area contributed by atoms with Crippen molar-refractivity contribution in [2.45, 2.75) is 11.6 Å². The molecule has 3 heterocycles. The second-order valence-electron chi connectivity index (χ2n) is 14.9. The topological polar surface area (TPSA) is 59.1 Å². The van der Waals surface area contributed by atoms with E-state index in [0.717, 1.165) is 84.1 Å². The Morgan fingerprint density at radius 1 is 0.421 bits per heavy atom. The average molecular weight is 732 g/mol. The van der Waals surface area contributed by atoms with Crippen LogP contribution in [0, 0.1) is 0 Å². The van der Waals surface area contributed by atoms with Crippen molar-refractivity contribution >= 4 is 33.6 Å². The van der Waals surface area contributed by atoms with Gasteiger partial charge in [0.25, 0.3) is 0 Å². The highest BCUT2D eigenvalue weighted by atomic mass is 16.5. The molecule has 57 heavy (non-hydrogen) atoms. The van der Waals surface area contributed by atoms with E-state index in [1.807, 2.05) is 36.4 Å². The van der Waals surface area contributed by atoms with E-state index >= 15 is 0 Å². The van der Waals surface area contributed by atoms with E-state index in [-0.39, 0.29) is 0 Å². The fraction of sp³-hybridized carbons (Fsp3) is 0.0385. The quantitative estimate of drug-likeness (QED) is 0.196. The summed E-state index contributed by atoms with van der Waals surface area (Å²) in [6.07, 6.45) is -0.453. The van der Waals surface area contributed by atoms with Crippen molar-refractivity contribution in [2.75, 3.05) is 0 Å². The van der Waals surface area contributed by atoms with E-state index in [4.69, 9.17) is 19.1 Å². The lowest BCUT2D eigenvalue weighted by Gasteiger charge is -2.39. The summed E-state index contributed by atoms with van der Waals surface area (Å²) in [6.45, 7) is 0. The van der Waals surface area contributed by atoms with Crippen molar-refractivity contribution in [1.29, 1.82) is 0 Å². The Balaban J connectivity index is 0.950. The van der Waals surface area contributed by atoms with E-state index in [9.17, 15) is 0 Å². The van der Waals surface area contributed by atoms with Gasteiger partial charge in [0, 0.05) is 38.6 Å². The number of furan rings is 1. The molecule has 12 rings (SSSR count). The van der Waals surface area contributed by atoms with Gasteiger partial charge < -0.3 is 14.5 Å². The zero-order valence-electron chi connectivity index (χ0n) is 30.7. The van der Waals surface area contributed by atoms with Crippen LogP contribution in [0.3, 0.4) is 0 Å². The van der Waals surface area contributed by atoms with E-state index in [0.29, 0.717) is 0 Å². The van der Waals surface area contributed by atoms with Crippen LogP contribution in [-0.4, -0.2) is 11.7 Å². The minimum Gasteiger partial charge on any atom is -0.457 e. The zero-order chi connectivity index (χ0) is 37.5. The van der Waals surface area contributed by atoms with Gasteiger partial charge in [-0.05, 0) is 63.7 Å². The van der Waals surface area contributed by atoms with Crippen LogP contribution in [0.1, 0.15) is 45.1 Å². The smallest absolute Gasteiger partial charge is 0.169 e. The van der Waals surface area contributed by atoms with Gasteiger partial charge >= 0.3 is 0 Å². The number of aliphatic imine (C=N–C) groups is 2. The van der Waals surface area contributed by atoms with Gasteiger partial charge in [-0.2, -0.15) is 0 Å². The molecule has 1 spiro atoms. The van der Waals surface area contributed by atoms with Gasteiger partial charge in [-0.1, -0.05) is 158 Å². The lowest BCUT2D eigenvalue weighted by molar-refractivity contribution is 0.436. The first kappa shape index (κ1) is 31.8. The monoisotopic (exact) mass is 731 g/mol. The molecule has 1 unspecified atom stereocenters. The number of para-hydroxylation sites is 2. The SMILES string of the molecule is c1ccc(C2=NC(c3ccc4c(c3)oc3ccccc34)N=C(c3ccc(-c4ccc5c(c4)C4(c6ccccc6O5)c5ccccc5-c5ccccc54)cc3)N2)cc1. The Bertz CT molecular complexity index is 3090. The number of amidine groups is 2. The molecule has 5 heteroatoms. The van der Waals surface area contributed by atoms with Gasteiger partial charge in [0.2, 0.25) is 0 Å². The first-order valence-electron chi connectivity index (χ1n) is 19.3. The highest BCUT2D eigenvalue weighted by molar-refractivity contribution is 6.16. The molecule has 1 atom stereocenters. The maximum Gasteiger partial charge on any atom is 0.169 e. The van der Waals surface area contributed by atoms with Gasteiger partial charge in [-0.15, -0.1) is 0 Å². The number of ether oxygens (including phenoxy) is 1. The second kappa shape index (κ2) is 12.3. The number of nitrogens with zero attached hydrogens (tertiary/aromatic N) is 2. The molecule has 0 saturated carbocycles. The second-order valence-corrected chi connectivity index (χ2v) is 14.9. The third-order valence-electron chi connectivity index (χ3n) is 11.8. The third-order valence-corrected chi connectivity index (χ3v) is 11.8. The molecule has 268 valence electrons. The van der Waals surface area contributed by atoms with Crippen LogP contribution < -0.4 is 10.1 Å². The molecule has 8 aromatic carbocycles. The molecule has 0 saturated heterocycles. The number of benzene rings is 8. The first-order chi connectivity index (χ1) is 28.2. The van der Waals surface area contributed by atoms with Gasteiger partial charge in [0.05, 0.1) is 5.41 Å². The zero-order valence-corrected chi connectivity index (χ0v) is 30.7. The molecule has 2 aliphatic heterocycles. The van der Waals surface area contributed by atoms with Crippen LogP contribution in [-0.2, 0) is 5.41 Å². The summed E-state index contributed by atoms with van der Waals surface area (Å²) >= 11 is 0. The molecule has 5 nitrogen and oxygen atoms in total. The molecule has 1 N–H and O–H groups in total. The Kier molecular flexibility index (Phi) is 6.84. The highest BCUT2D eigenvalue weighted by Crippen LogP contribution is 2.62. The minimum atomic E-state index is -0.512. The number of hydrogen-bond acceptors (Lipinski definition) is 5. The van der Waals surface area contributed by atoms with Crippen molar-refractivity contribution in [1.82, 2.24) is 5.32 Å². The number of rotatable bonds is 4. The molecule has 9 aromatic rings. The van der Waals surface area contributed by atoms with Crippen LogP contribution in [0.15, 0.2) is 202 Å². The Morgan fingerprint density at radius 3 is 1.77 bits per heavy atom. The molecule has 0 amide bonds. The maximum atomic E-state index is 6.67. The number of fused-ring (bicyclic) bond motifs is 12. The van der Waals surface area contributed by atoms with Crippen LogP contribution in [0.2, 0.25) is 0 Å². The van der Waals surface area contributed by atoms with Crippen LogP contribution >= 0.6 is 0 Å². The van der Waals surface area contributed by atoms with E-state index in [2.05, 4.69) is 157 Å². The fourth-order valence-corrected chi connectivity index (χ4v) is 9.25. The minimum absolute atomic E-state index is 0.453. The van der Waals surface area contributed by atoms with Crippen molar-refractivity contribution < 1.29 is 9.15 Å². The molecule has 1 aromatic heterocycles. The molecular formula is C52H33N3O2. The molecule has 0 radical (unpaired) electrons. The molecular weight excluding hydrogens is 699 g/mol. The molecule has 0 fully saturated rings. The first-order valence-corrected chi connectivity index (χ1v) is 19.3. The normalized spacial score (nSPS) is 15.8. The number of nitrogens with one attached hydrogen (secondary N) is 1. The lowest BCUT2D eigenvalue weighted by atomic mass is 9.66. The van der Waals surface area contributed by atoms with Crippen LogP contribution in [0.25, 0.3) is 44.2 Å². The van der Waals surface area contributed by atoms with Crippen molar-refractivity contribution in [3.05, 3.63) is 227 Å². The van der Waals surface area contributed by atoms with E-state index in [1.165, 1.54) is 22.3 Å². The highest BCUT2D eigenvalue weighted by Gasteiger charge is 2.51. The van der Waals surface area contributed by atoms with Crippen molar-refractivity contribution in [3.8, 4) is 33.8 Å². The molecule has 1 aliphatic carbocycles. The van der Waals surface area contributed by atoms with Crippen molar-refractivity contribution in [3.63, 3.8) is 0 Å². The maximum absolute atomic E-state index is 6.67. The van der Waals surface area contributed by atoms with Crippen molar-refractivity contribution in [2.24, 2.45) is 9.98 Å². The largest absolute Gasteiger partial charge is 0.457 e. The predicted octanol–water partition coefficient (Wildman–Crippen LogP) is 12.2. The van der Waals surface area contributed by atoms with Crippen LogP contribution in [0.5, 0.6) is 11.5 Å². The van der Waals surface area contributed by atoms with Crippen LogP contribution in [0.4, 0.5) is 0 Å². The Morgan fingerprint density at radius 2 is 1.00 bits per heavy atom. The predicted molar refractivity (Wildman–Crippen MR) is 228 cm³/mol. The summed E-state index contributed by atoms with van der Waals surface area (Å²) in [6, 6.07) is 66.2. The van der Waals surface area contributed by atoms with Gasteiger partial charge in [0.15, 0.2) is 6.17 Å². The fourth-order valence-electron chi connectivity index (χ4n) is 9.25. The standard InChI is InChI=1S/C52H33N3O2/c1-2-12-33(13-3-1)49-53-50(55-51(54-49)36-26-28-40-39-16-6-10-20-45(39)56-48(40)31-36)34-24-22-32(23-25-34)35-27-29-47-44(30-35)52(43-19-9-11-21-46(43)57-47)41-17-7-4-14-37(41)38-15-5-8-18-42(38)52/h1-31,51H,(H,53,54,55). The van der Waals surface area contributed by atoms with E-state index < -0.39 is 11.6 Å². The molecule has 3 aliphatic rings. The number of hydrogen-bond donors (Lipinski definition) is 1. The Hall–Kier alpha value is -7.50. The Labute approximate surface area is 329 Å². The summed E-state index contributed by atoms with van der Waals surface area (Å²) in [4.78, 5) is 10.3. The summed E-state index contributed by atoms with van der Waals surface area (Å²) in [5.41, 5.74) is 13.7. The van der Waals surface area contributed by atoms with Gasteiger partial charge in [-0.3, -0.25) is 0 Å². The van der Waals surface area contributed by atoms with E-state index in [1.54, 1.807) is 0 Å². The van der Waals surface area contributed by atoms with Gasteiger partial charge in [-0.25, -0.2) is 9.98 Å². The summed E-state index contributed by atoms with van der Waals surface area (Å²) < 4.78 is 12.9. The molecule has 0 bridgehead atoms. The van der Waals surface area contributed by atoms with Gasteiger partial charge in [0.1, 0.15) is 34.3 Å².